The summed E-state index contributed by atoms with van der Waals surface area (Å²) >= 11 is 0. The van der Waals surface area contributed by atoms with Gasteiger partial charge in [-0.2, -0.15) is 5.10 Å². The van der Waals surface area contributed by atoms with Crippen LogP contribution in [0.4, 0.5) is 0 Å². The SMILES string of the molecule is C/C=C\C(=C/N)c1cnn(C)c1. The zero-order valence-electron chi connectivity index (χ0n) is 7.36. The van der Waals surface area contributed by atoms with E-state index in [0.29, 0.717) is 0 Å². The molecule has 0 aliphatic carbocycles. The number of hydrogen-bond acceptors (Lipinski definition) is 2. The monoisotopic (exact) mass is 163 g/mol. The Balaban J connectivity index is 2.96. The molecule has 0 saturated carbocycles. The van der Waals surface area contributed by atoms with Crippen LogP contribution in [0, 0.1) is 0 Å². The molecule has 0 bridgehead atoms. The van der Waals surface area contributed by atoms with Crippen molar-refractivity contribution in [1.82, 2.24) is 9.78 Å². The van der Waals surface area contributed by atoms with Gasteiger partial charge in [0.25, 0.3) is 0 Å². The summed E-state index contributed by atoms with van der Waals surface area (Å²) in [5.74, 6) is 0. The molecule has 64 valence electrons. The molecule has 1 rings (SSSR count). The molecule has 0 saturated heterocycles. The second-order valence-electron chi connectivity index (χ2n) is 2.52. The van der Waals surface area contributed by atoms with Crippen molar-refractivity contribution >= 4 is 5.57 Å². The van der Waals surface area contributed by atoms with Gasteiger partial charge in [-0.25, -0.2) is 0 Å². The number of aryl methyl sites for hydroxylation is 1. The predicted octanol–water partition coefficient (Wildman–Crippen LogP) is 1.30. The van der Waals surface area contributed by atoms with Crippen LogP contribution < -0.4 is 5.73 Å². The topological polar surface area (TPSA) is 43.8 Å². The van der Waals surface area contributed by atoms with Crippen LogP contribution in [0.15, 0.2) is 30.7 Å². The van der Waals surface area contributed by atoms with Crippen LogP contribution in [0.1, 0.15) is 12.5 Å². The molecule has 0 fully saturated rings. The molecule has 3 heteroatoms. The fourth-order valence-corrected chi connectivity index (χ4v) is 0.998. The van der Waals surface area contributed by atoms with Crippen LogP contribution in [0.5, 0.6) is 0 Å². The molecule has 3 nitrogen and oxygen atoms in total. The van der Waals surface area contributed by atoms with Crippen LogP contribution in [0.25, 0.3) is 5.57 Å². The molecule has 1 aromatic rings. The summed E-state index contributed by atoms with van der Waals surface area (Å²) < 4.78 is 1.75. The summed E-state index contributed by atoms with van der Waals surface area (Å²) in [5, 5.41) is 4.05. The summed E-state index contributed by atoms with van der Waals surface area (Å²) in [6.07, 6.45) is 9.21. The number of rotatable bonds is 2. The molecule has 12 heavy (non-hydrogen) atoms. The molecule has 0 radical (unpaired) electrons. The minimum absolute atomic E-state index is 0.991. The normalized spacial score (nSPS) is 12.7. The maximum Gasteiger partial charge on any atom is 0.0568 e. The Hall–Kier alpha value is -1.51. The zero-order chi connectivity index (χ0) is 8.97. The third-order valence-corrected chi connectivity index (χ3v) is 1.56. The van der Waals surface area contributed by atoms with E-state index in [2.05, 4.69) is 5.10 Å². The predicted molar refractivity (Wildman–Crippen MR) is 50.2 cm³/mol. The fourth-order valence-electron chi connectivity index (χ4n) is 0.998. The van der Waals surface area contributed by atoms with Gasteiger partial charge in [-0.1, -0.05) is 12.2 Å². The Labute approximate surface area is 72.2 Å². The van der Waals surface area contributed by atoms with E-state index in [0.717, 1.165) is 11.1 Å². The lowest BCUT2D eigenvalue weighted by Crippen LogP contribution is -1.86. The lowest BCUT2D eigenvalue weighted by atomic mass is 10.1. The average Bonchev–Trinajstić information content (AvgIpc) is 2.47. The third kappa shape index (κ3) is 1.75. The fraction of sp³-hybridized carbons (Fsp3) is 0.222. The second kappa shape index (κ2) is 3.76. The van der Waals surface area contributed by atoms with Crippen molar-refractivity contribution in [2.45, 2.75) is 6.92 Å². The van der Waals surface area contributed by atoms with Gasteiger partial charge < -0.3 is 5.73 Å². The minimum atomic E-state index is 0.991. The molecule has 0 aliphatic rings. The van der Waals surface area contributed by atoms with Crippen molar-refractivity contribution in [3.05, 3.63) is 36.3 Å². The summed E-state index contributed by atoms with van der Waals surface area (Å²) in [4.78, 5) is 0. The molecule has 0 spiro atoms. The second-order valence-corrected chi connectivity index (χ2v) is 2.52. The van der Waals surface area contributed by atoms with E-state index in [-0.39, 0.29) is 0 Å². The first-order valence-electron chi connectivity index (χ1n) is 3.81. The minimum Gasteiger partial charge on any atom is -0.404 e. The maximum absolute atomic E-state index is 5.45. The Bertz CT molecular complexity index is 307. The van der Waals surface area contributed by atoms with Crippen LogP contribution in [0.3, 0.4) is 0 Å². The van der Waals surface area contributed by atoms with Gasteiger partial charge in [0, 0.05) is 25.0 Å². The van der Waals surface area contributed by atoms with E-state index in [4.69, 9.17) is 5.73 Å². The summed E-state index contributed by atoms with van der Waals surface area (Å²) in [6.45, 7) is 1.96. The van der Waals surface area contributed by atoms with Gasteiger partial charge in [0.15, 0.2) is 0 Å². The van der Waals surface area contributed by atoms with Crippen LogP contribution in [-0.4, -0.2) is 9.78 Å². The molecule has 2 N–H and O–H groups in total. The number of nitrogens with zero attached hydrogens (tertiary/aromatic N) is 2. The highest BCUT2D eigenvalue weighted by Gasteiger charge is 1.98. The number of nitrogens with two attached hydrogens (primary N) is 1. The first-order chi connectivity index (χ1) is 5.77. The van der Waals surface area contributed by atoms with Crippen molar-refractivity contribution in [2.75, 3.05) is 0 Å². The molecule has 1 heterocycles. The lowest BCUT2D eigenvalue weighted by molar-refractivity contribution is 0.767. The van der Waals surface area contributed by atoms with Gasteiger partial charge in [-0.3, -0.25) is 4.68 Å². The van der Waals surface area contributed by atoms with E-state index in [1.807, 2.05) is 32.3 Å². The maximum atomic E-state index is 5.45. The Morgan fingerprint density at radius 3 is 2.83 bits per heavy atom. The van der Waals surface area contributed by atoms with Crippen LogP contribution in [0.2, 0.25) is 0 Å². The van der Waals surface area contributed by atoms with E-state index in [1.165, 1.54) is 0 Å². The molecule has 0 aliphatic heterocycles. The van der Waals surface area contributed by atoms with Crippen LogP contribution in [-0.2, 0) is 7.05 Å². The molecular weight excluding hydrogens is 150 g/mol. The van der Waals surface area contributed by atoms with Crippen molar-refractivity contribution in [3.8, 4) is 0 Å². The summed E-state index contributed by atoms with van der Waals surface area (Å²) in [5.41, 5.74) is 7.48. The standard InChI is InChI=1S/C9H13N3/c1-3-4-8(5-10)9-6-11-12(2)7-9/h3-7H,10H2,1-2H3/b4-3-,8-5+. The highest BCUT2D eigenvalue weighted by atomic mass is 15.2. The van der Waals surface area contributed by atoms with Gasteiger partial charge in [0.2, 0.25) is 0 Å². The van der Waals surface area contributed by atoms with Crippen LogP contribution >= 0.6 is 0 Å². The van der Waals surface area contributed by atoms with Gasteiger partial charge in [-0.05, 0) is 12.5 Å². The van der Waals surface area contributed by atoms with E-state index in [1.54, 1.807) is 17.1 Å². The molecule has 0 unspecified atom stereocenters. The first kappa shape index (κ1) is 8.59. The largest absolute Gasteiger partial charge is 0.404 e. The number of allylic oxidation sites excluding steroid dienone is 3. The van der Waals surface area contributed by atoms with Crippen molar-refractivity contribution < 1.29 is 0 Å². The molecule has 0 atom stereocenters. The smallest absolute Gasteiger partial charge is 0.0568 e. The van der Waals surface area contributed by atoms with E-state index in [9.17, 15) is 0 Å². The highest BCUT2D eigenvalue weighted by molar-refractivity contribution is 5.72. The molecule has 1 aromatic heterocycles. The number of hydrogen-bond donors (Lipinski definition) is 1. The Morgan fingerprint density at radius 1 is 1.67 bits per heavy atom. The summed E-state index contributed by atoms with van der Waals surface area (Å²) in [6, 6.07) is 0. The van der Waals surface area contributed by atoms with Gasteiger partial charge >= 0.3 is 0 Å². The Morgan fingerprint density at radius 2 is 2.42 bits per heavy atom. The van der Waals surface area contributed by atoms with Crippen molar-refractivity contribution in [2.24, 2.45) is 12.8 Å². The zero-order valence-corrected chi connectivity index (χ0v) is 7.36. The van der Waals surface area contributed by atoms with Gasteiger partial charge in [0.1, 0.15) is 0 Å². The molecular formula is C9H13N3. The quantitative estimate of drug-likeness (QED) is 0.668. The van der Waals surface area contributed by atoms with Crippen molar-refractivity contribution in [3.63, 3.8) is 0 Å². The Kier molecular flexibility index (Phi) is 2.69. The average molecular weight is 163 g/mol. The molecule has 0 amide bonds. The van der Waals surface area contributed by atoms with Gasteiger partial charge in [0.05, 0.1) is 6.20 Å². The molecule has 0 aromatic carbocycles. The first-order valence-corrected chi connectivity index (χ1v) is 3.81. The highest BCUT2D eigenvalue weighted by Crippen LogP contribution is 2.12. The van der Waals surface area contributed by atoms with Gasteiger partial charge in [-0.15, -0.1) is 0 Å². The third-order valence-electron chi connectivity index (χ3n) is 1.56. The summed E-state index contributed by atoms with van der Waals surface area (Å²) in [7, 11) is 1.88. The van der Waals surface area contributed by atoms with Crippen molar-refractivity contribution in [1.29, 1.82) is 0 Å². The lowest BCUT2D eigenvalue weighted by Gasteiger charge is -1.93. The number of aromatic nitrogens is 2. The van der Waals surface area contributed by atoms with E-state index >= 15 is 0 Å². The van der Waals surface area contributed by atoms with E-state index < -0.39 is 0 Å².